The Kier molecular flexibility index (Phi) is 3.67. The van der Waals surface area contributed by atoms with Crippen molar-refractivity contribution < 1.29 is 9.59 Å². The number of carbonyl (C=O) groups excluding carboxylic acids is 2. The van der Waals surface area contributed by atoms with Gasteiger partial charge in [0.15, 0.2) is 0 Å². The zero-order chi connectivity index (χ0) is 15.0. The van der Waals surface area contributed by atoms with Crippen molar-refractivity contribution in [1.29, 1.82) is 0 Å². The largest absolute Gasteiger partial charge is 0.338 e. The van der Waals surface area contributed by atoms with E-state index < -0.39 is 0 Å². The Morgan fingerprint density at radius 1 is 1.52 bits per heavy atom. The van der Waals surface area contributed by atoms with Crippen LogP contribution in [0.5, 0.6) is 0 Å². The molecule has 1 saturated heterocycles. The molecule has 1 unspecified atom stereocenters. The molecule has 21 heavy (non-hydrogen) atoms. The van der Waals surface area contributed by atoms with Crippen molar-refractivity contribution in [3.63, 3.8) is 0 Å². The van der Waals surface area contributed by atoms with Crippen molar-refractivity contribution in [2.45, 2.75) is 18.2 Å². The van der Waals surface area contributed by atoms with Gasteiger partial charge >= 0.3 is 0 Å². The predicted molar refractivity (Wildman–Crippen MR) is 83.5 cm³/mol. The third kappa shape index (κ3) is 2.78. The first-order valence-corrected chi connectivity index (χ1v) is 8.05. The molecule has 6 heteroatoms. The molecule has 2 aliphatic heterocycles. The van der Waals surface area contributed by atoms with E-state index in [1.54, 1.807) is 6.07 Å². The topological polar surface area (TPSA) is 75.4 Å². The molecule has 0 bridgehead atoms. The summed E-state index contributed by atoms with van der Waals surface area (Å²) in [4.78, 5) is 26.9. The van der Waals surface area contributed by atoms with Crippen LogP contribution in [0.15, 0.2) is 23.1 Å². The third-order valence-corrected chi connectivity index (χ3v) is 5.27. The first-order valence-electron chi connectivity index (χ1n) is 7.07. The lowest BCUT2D eigenvalue weighted by molar-refractivity contribution is -0.113. The zero-order valence-corrected chi connectivity index (χ0v) is 12.8. The van der Waals surface area contributed by atoms with Crippen LogP contribution in [-0.2, 0) is 4.79 Å². The molecular formula is C15H19N3O2S. The third-order valence-electron chi connectivity index (χ3n) is 4.20. The van der Waals surface area contributed by atoms with E-state index in [1.807, 2.05) is 17.0 Å². The number of thioether (sulfide) groups is 1. The molecule has 2 aliphatic rings. The summed E-state index contributed by atoms with van der Waals surface area (Å²) in [5.41, 5.74) is 7.17. The molecule has 1 aromatic carbocycles. The Bertz CT molecular complexity index is 605. The summed E-state index contributed by atoms with van der Waals surface area (Å²) in [5, 5.41) is 2.82. The van der Waals surface area contributed by atoms with E-state index in [2.05, 4.69) is 12.2 Å². The molecule has 1 fully saturated rings. The van der Waals surface area contributed by atoms with Crippen molar-refractivity contribution in [1.82, 2.24) is 4.90 Å². The van der Waals surface area contributed by atoms with Crippen molar-refractivity contribution in [3.05, 3.63) is 23.8 Å². The number of anilines is 1. The van der Waals surface area contributed by atoms with Crippen molar-refractivity contribution >= 4 is 29.3 Å². The van der Waals surface area contributed by atoms with Gasteiger partial charge in [-0.3, -0.25) is 9.59 Å². The number of hydrogen-bond acceptors (Lipinski definition) is 4. The lowest BCUT2D eigenvalue weighted by Crippen LogP contribution is -2.34. The summed E-state index contributed by atoms with van der Waals surface area (Å²) in [6, 6.07) is 5.52. The Labute approximate surface area is 128 Å². The number of nitrogens with one attached hydrogen (secondary N) is 1. The van der Waals surface area contributed by atoms with Crippen LogP contribution in [-0.4, -0.2) is 42.1 Å². The van der Waals surface area contributed by atoms with Gasteiger partial charge in [0, 0.05) is 23.5 Å². The maximum absolute atomic E-state index is 12.6. The summed E-state index contributed by atoms with van der Waals surface area (Å²) in [6.07, 6.45) is 0.937. The molecule has 2 heterocycles. The molecule has 1 atom stereocenters. The number of rotatable bonds is 2. The lowest BCUT2D eigenvalue weighted by atomic mass is 9.90. The predicted octanol–water partition coefficient (Wildman–Crippen LogP) is 1.54. The molecule has 0 aliphatic carbocycles. The normalized spacial score (nSPS) is 24.7. The van der Waals surface area contributed by atoms with E-state index in [-0.39, 0.29) is 17.2 Å². The molecule has 3 rings (SSSR count). The maximum Gasteiger partial charge on any atom is 0.253 e. The molecular weight excluding hydrogens is 286 g/mol. The van der Waals surface area contributed by atoms with E-state index >= 15 is 0 Å². The number of nitrogens with zero attached hydrogens (tertiary/aromatic N) is 1. The quantitative estimate of drug-likeness (QED) is 0.869. The Hall–Kier alpha value is -1.53. The number of fused-ring (bicyclic) bond motifs is 1. The minimum absolute atomic E-state index is 0.0137. The van der Waals surface area contributed by atoms with Crippen LogP contribution >= 0.6 is 11.8 Å². The van der Waals surface area contributed by atoms with Gasteiger partial charge in [0.1, 0.15) is 0 Å². The van der Waals surface area contributed by atoms with Gasteiger partial charge in [0.2, 0.25) is 5.91 Å². The summed E-state index contributed by atoms with van der Waals surface area (Å²) in [6.45, 7) is 4.14. The number of benzene rings is 1. The van der Waals surface area contributed by atoms with E-state index in [0.717, 1.165) is 23.5 Å². The van der Waals surface area contributed by atoms with Gasteiger partial charge in [-0.15, -0.1) is 11.8 Å². The van der Waals surface area contributed by atoms with Crippen LogP contribution in [0.1, 0.15) is 23.7 Å². The number of carbonyl (C=O) groups is 2. The highest BCUT2D eigenvalue weighted by Crippen LogP contribution is 2.34. The summed E-state index contributed by atoms with van der Waals surface area (Å²) in [5.74, 6) is 0.426. The molecule has 0 spiro atoms. The fraction of sp³-hybridized carbons (Fsp3) is 0.467. The van der Waals surface area contributed by atoms with E-state index in [9.17, 15) is 9.59 Å². The van der Waals surface area contributed by atoms with E-state index in [4.69, 9.17) is 5.73 Å². The van der Waals surface area contributed by atoms with Gasteiger partial charge in [0.05, 0.1) is 11.4 Å². The van der Waals surface area contributed by atoms with Crippen molar-refractivity contribution in [2.24, 2.45) is 11.1 Å². The van der Waals surface area contributed by atoms with Crippen LogP contribution < -0.4 is 11.1 Å². The highest BCUT2D eigenvalue weighted by Gasteiger charge is 2.35. The van der Waals surface area contributed by atoms with Crippen molar-refractivity contribution in [2.75, 3.05) is 30.7 Å². The van der Waals surface area contributed by atoms with E-state index in [0.29, 0.717) is 24.4 Å². The van der Waals surface area contributed by atoms with Gasteiger partial charge in [0.25, 0.3) is 5.91 Å². The summed E-state index contributed by atoms with van der Waals surface area (Å²) < 4.78 is 0. The van der Waals surface area contributed by atoms with Gasteiger partial charge in [-0.05, 0) is 36.6 Å². The zero-order valence-electron chi connectivity index (χ0n) is 12.0. The highest BCUT2D eigenvalue weighted by atomic mass is 32.2. The first kappa shape index (κ1) is 14.4. The second kappa shape index (κ2) is 5.35. The summed E-state index contributed by atoms with van der Waals surface area (Å²) in [7, 11) is 0. The second-order valence-electron chi connectivity index (χ2n) is 6.04. The number of nitrogens with two attached hydrogens (primary N) is 1. The monoisotopic (exact) mass is 305 g/mol. The minimum atomic E-state index is -0.0195. The molecule has 1 aromatic rings. The van der Waals surface area contributed by atoms with Crippen LogP contribution in [0.3, 0.4) is 0 Å². The van der Waals surface area contributed by atoms with Gasteiger partial charge in [-0.2, -0.15) is 0 Å². The average molecular weight is 305 g/mol. The van der Waals surface area contributed by atoms with Gasteiger partial charge < -0.3 is 16.0 Å². The van der Waals surface area contributed by atoms with Gasteiger partial charge in [-0.1, -0.05) is 6.92 Å². The Morgan fingerprint density at radius 2 is 2.33 bits per heavy atom. The number of likely N-dealkylation sites (tertiary alicyclic amines) is 1. The fourth-order valence-corrected chi connectivity index (χ4v) is 3.55. The molecule has 3 N–H and O–H groups in total. The molecule has 2 amide bonds. The first-order chi connectivity index (χ1) is 10.0. The molecule has 5 nitrogen and oxygen atoms in total. The standard InChI is InChI=1S/C15H19N3O2S/c1-15(8-16)4-5-18(9-15)14(20)10-2-3-12-11(6-10)17-13(19)7-21-12/h2-3,6H,4-5,7-9,16H2,1H3,(H,17,19). The number of hydrogen-bond donors (Lipinski definition) is 2. The lowest BCUT2D eigenvalue weighted by Gasteiger charge is -2.23. The molecule has 0 saturated carbocycles. The van der Waals surface area contributed by atoms with Crippen LogP contribution in [0.2, 0.25) is 0 Å². The maximum atomic E-state index is 12.6. The average Bonchev–Trinajstić information content (AvgIpc) is 2.89. The van der Waals surface area contributed by atoms with E-state index in [1.165, 1.54) is 11.8 Å². The Balaban J connectivity index is 1.80. The number of amides is 2. The summed E-state index contributed by atoms with van der Waals surface area (Å²) >= 11 is 1.50. The molecule has 0 aromatic heterocycles. The van der Waals surface area contributed by atoms with Crippen LogP contribution in [0, 0.1) is 5.41 Å². The van der Waals surface area contributed by atoms with Crippen molar-refractivity contribution in [3.8, 4) is 0 Å². The van der Waals surface area contributed by atoms with Gasteiger partial charge in [-0.25, -0.2) is 0 Å². The van der Waals surface area contributed by atoms with Crippen LogP contribution in [0.4, 0.5) is 5.69 Å². The Morgan fingerprint density at radius 3 is 3.05 bits per heavy atom. The second-order valence-corrected chi connectivity index (χ2v) is 7.06. The molecule has 0 radical (unpaired) electrons. The van der Waals surface area contributed by atoms with Crippen LogP contribution in [0.25, 0.3) is 0 Å². The SMILES string of the molecule is CC1(CN)CCN(C(=O)c2ccc3c(c2)NC(=O)CS3)C1. The minimum Gasteiger partial charge on any atom is -0.338 e. The molecule has 112 valence electrons. The fourth-order valence-electron chi connectivity index (χ4n) is 2.76. The highest BCUT2D eigenvalue weighted by molar-refractivity contribution is 8.00. The smallest absolute Gasteiger partial charge is 0.253 e.